The number of carbonyl (C=O) groups is 1. The molecular weight excluding hydrogens is 300 g/mol. The molecule has 5 heteroatoms. The second kappa shape index (κ2) is 6.90. The van der Waals surface area contributed by atoms with Crippen LogP contribution in [0.2, 0.25) is 0 Å². The van der Waals surface area contributed by atoms with Crippen LogP contribution in [0.5, 0.6) is 0 Å². The van der Waals surface area contributed by atoms with Gasteiger partial charge in [-0.25, -0.2) is 0 Å². The molecular formula is C19H26N4O. The monoisotopic (exact) mass is 326 g/mol. The number of hydrogen-bond donors (Lipinski definition) is 0. The molecule has 0 spiro atoms. The summed E-state index contributed by atoms with van der Waals surface area (Å²) in [5, 5.41) is 9.37. The number of aryl methyl sites for hydroxylation is 1. The van der Waals surface area contributed by atoms with Crippen molar-refractivity contribution in [2.75, 3.05) is 19.6 Å². The van der Waals surface area contributed by atoms with Gasteiger partial charge in [-0.05, 0) is 50.7 Å². The van der Waals surface area contributed by atoms with E-state index in [4.69, 9.17) is 0 Å². The summed E-state index contributed by atoms with van der Waals surface area (Å²) in [4.78, 5) is 20.9. The van der Waals surface area contributed by atoms with Crippen molar-refractivity contribution in [1.82, 2.24) is 14.8 Å². The zero-order valence-electron chi connectivity index (χ0n) is 14.9. The minimum Gasteiger partial charge on any atom is -0.340 e. The first kappa shape index (κ1) is 16.9. The average molecular weight is 326 g/mol. The Bertz CT molecular complexity index is 677. The molecule has 0 radical (unpaired) electrons. The summed E-state index contributed by atoms with van der Waals surface area (Å²) in [5.41, 5.74) is 3.98. The van der Waals surface area contributed by atoms with E-state index in [2.05, 4.69) is 29.8 Å². The molecule has 5 nitrogen and oxygen atoms in total. The zero-order valence-corrected chi connectivity index (χ0v) is 14.9. The number of carbonyl (C=O) groups excluding carboxylic acids is 1. The number of pyridine rings is 1. The van der Waals surface area contributed by atoms with E-state index in [1.165, 1.54) is 11.1 Å². The molecule has 3 rings (SSSR count). The first-order chi connectivity index (χ1) is 11.5. The lowest BCUT2D eigenvalue weighted by Crippen LogP contribution is -2.47. The minimum atomic E-state index is 0.285. The number of nitrogens with zero attached hydrogens (tertiary/aromatic N) is 4. The van der Waals surface area contributed by atoms with Crippen LogP contribution in [-0.4, -0.2) is 46.4 Å². The fourth-order valence-corrected chi connectivity index (χ4v) is 3.97. The molecule has 3 heterocycles. The van der Waals surface area contributed by atoms with Gasteiger partial charge in [0.1, 0.15) is 6.07 Å². The Morgan fingerprint density at radius 2 is 2.21 bits per heavy atom. The van der Waals surface area contributed by atoms with Gasteiger partial charge in [-0.2, -0.15) is 5.26 Å². The van der Waals surface area contributed by atoms with Crippen molar-refractivity contribution in [3.8, 4) is 6.07 Å². The molecule has 1 aromatic heterocycles. The summed E-state index contributed by atoms with van der Waals surface area (Å²) in [6.45, 7) is 9.83. The highest BCUT2D eigenvalue weighted by atomic mass is 16.2. The average Bonchev–Trinajstić information content (AvgIpc) is 2.56. The smallest absolute Gasteiger partial charge is 0.222 e. The standard InChI is InChI=1S/C19H26N4O/c1-13(2)23-11-15(4-5-19(23)24)10-22-7-6-17-16(12-22)9-21-14(3)18(17)8-20/h9,13,15H,4-7,10-12H2,1-3H3. The number of aromatic nitrogens is 1. The quantitative estimate of drug-likeness (QED) is 0.855. The largest absolute Gasteiger partial charge is 0.340 e. The SMILES string of the molecule is Cc1ncc2c(c1C#N)CCN(CC1CCC(=O)N(C(C)C)C1)C2. The third kappa shape index (κ3) is 3.29. The van der Waals surface area contributed by atoms with E-state index in [9.17, 15) is 10.1 Å². The van der Waals surface area contributed by atoms with Gasteiger partial charge in [0.15, 0.2) is 0 Å². The van der Waals surface area contributed by atoms with E-state index >= 15 is 0 Å². The molecule has 0 aliphatic carbocycles. The number of nitriles is 1. The van der Waals surface area contributed by atoms with Crippen molar-refractivity contribution in [1.29, 1.82) is 5.26 Å². The number of piperidine rings is 1. The number of amides is 1. The number of fused-ring (bicyclic) bond motifs is 1. The Kier molecular flexibility index (Phi) is 4.86. The molecule has 2 aliphatic rings. The lowest BCUT2D eigenvalue weighted by atomic mass is 9.92. The number of hydrogen-bond acceptors (Lipinski definition) is 4. The van der Waals surface area contributed by atoms with Crippen LogP contribution in [0.1, 0.15) is 49.1 Å². The fourth-order valence-electron chi connectivity index (χ4n) is 3.97. The molecule has 1 fully saturated rings. The minimum absolute atomic E-state index is 0.285. The topological polar surface area (TPSA) is 60.2 Å². The van der Waals surface area contributed by atoms with E-state index in [0.717, 1.165) is 50.3 Å². The molecule has 24 heavy (non-hydrogen) atoms. The maximum atomic E-state index is 12.0. The first-order valence-corrected chi connectivity index (χ1v) is 8.89. The summed E-state index contributed by atoms with van der Waals surface area (Å²) in [6, 6.07) is 2.60. The molecule has 1 unspecified atom stereocenters. The highest BCUT2D eigenvalue weighted by Crippen LogP contribution is 2.26. The Hall–Kier alpha value is -1.93. The molecule has 0 saturated carbocycles. The molecule has 1 atom stereocenters. The molecule has 2 aliphatic heterocycles. The Balaban J connectivity index is 1.67. The zero-order chi connectivity index (χ0) is 17.3. The van der Waals surface area contributed by atoms with Crippen LogP contribution in [0, 0.1) is 24.2 Å². The predicted molar refractivity (Wildman–Crippen MR) is 92.2 cm³/mol. The lowest BCUT2D eigenvalue weighted by molar-refractivity contribution is -0.137. The third-order valence-corrected chi connectivity index (χ3v) is 5.33. The van der Waals surface area contributed by atoms with Crippen LogP contribution in [0.25, 0.3) is 0 Å². The van der Waals surface area contributed by atoms with Gasteiger partial charge in [0, 0.05) is 44.8 Å². The van der Waals surface area contributed by atoms with Gasteiger partial charge in [0.25, 0.3) is 0 Å². The van der Waals surface area contributed by atoms with Crippen LogP contribution in [-0.2, 0) is 17.8 Å². The molecule has 0 N–H and O–H groups in total. The van der Waals surface area contributed by atoms with E-state index in [1.807, 2.05) is 18.0 Å². The highest BCUT2D eigenvalue weighted by Gasteiger charge is 2.29. The van der Waals surface area contributed by atoms with Crippen LogP contribution in [0.4, 0.5) is 0 Å². The van der Waals surface area contributed by atoms with Crippen molar-refractivity contribution in [2.24, 2.45) is 5.92 Å². The molecule has 0 bridgehead atoms. The van der Waals surface area contributed by atoms with Gasteiger partial charge in [0.2, 0.25) is 5.91 Å². The summed E-state index contributed by atoms with van der Waals surface area (Å²) >= 11 is 0. The third-order valence-electron chi connectivity index (χ3n) is 5.33. The Morgan fingerprint density at radius 1 is 1.42 bits per heavy atom. The molecule has 1 saturated heterocycles. The van der Waals surface area contributed by atoms with Gasteiger partial charge in [-0.15, -0.1) is 0 Å². The Labute approximate surface area is 144 Å². The highest BCUT2D eigenvalue weighted by molar-refractivity contribution is 5.77. The van der Waals surface area contributed by atoms with Gasteiger partial charge >= 0.3 is 0 Å². The van der Waals surface area contributed by atoms with Crippen LogP contribution in [0.3, 0.4) is 0 Å². The normalized spacial score (nSPS) is 21.7. The van der Waals surface area contributed by atoms with Crippen molar-refractivity contribution >= 4 is 5.91 Å². The van der Waals surface area contributed by atoms with Crippen LogP contribution in [0.15, 0.2) is 6.20 Å². The second-order valence-corrected chi connectivity index (χ2v) is 7.36. The summed E-state index contributed by atoms with van der Waals surface area (Å²) in [7, 11) is 0. The van der Waals surface area contributed by atoms with E-state index in [-0.39, 0.29) is 6.04 Å². The summed E-state index contributed by atoms with van der Waals surface area (Å²) in [5.74, 6) is 0.837. The van der Waals surface area contributed by atoms with E-state index in [0.29, 0.717) is 18.2 Å². The summed E-state index contributed by atoms with van der Waals surface area (Å²) in [6.07, 6.45) is 4.51. The second-order valence-electron chi connectivity index (χ2n) is 7.36. The van der Waals surface area contributed by atoms with Crippen LogP contribution < -0.4 is 0 Å². The van der Waals surface area contributed by atoms with Crippen molar-refractivity contribution in [2.45, 2.75) is 52.6 Å². The summed E-state index contributed by atoms with van der Waals surface area (Å²) < 4.78 is 0. The van der Waals surface area contributed by atoms with Gasteiger partial charge in [-0.3, -0.25) is 14.7 Å². The Morgan fingerprint density at radius 3 is 2.92 bits per heavy atom. The molecule has 1 aromatic rings. The maximum absolute atomic E-state index is 12.0. The van der Waals surface area contributed by atoms with Crippen LogP contribution >= 0.6 is 0 Å². The van der Waals surface area contributed by atoms with E-state index < -0.39 is 0 Å². The van der Waals surface area contributed by atoms with Crippen molar-refractivity contribution in [3.05, 3.63) is 28.6 Å². The van der Waals surface area contributed by atoms with Gasteiger partial charge in [0.05, 0.1) is 11.3 Å². The maximum Gasteiger partial charge on any atom is 0.222 e. The van der Waals surface area contributed by atoms with Gasteiger partial charge in [-0.1, -0.05) is 0 Å². The van der Waals surface area contributed by atoms with Gasteiger partial charge < -0.3 is 4.90 Å². The number of rotatable bonds is 3. The van der Waals surface area contributed by atoms with Crippen molar-refractivity contribution < 1.29 is 4.79 Å². The first-order valence-electron chi connectivity index (χ1n) is 8.89. The van der Waals surface area contributed by atoms with E-state index in [1.54, 1.807) is 0 Å². The number of likely N-dealkylation sites (tertiary alicyclic amines) is 1. The predicted octanol–water partition coefficient (Wildman–Crippen LogP) is 2.27. The molecule has 0 aromatic carbocycles. The lowest BCUT2D eigenvalue weighted by Gasteiger charge is -2.38. The molecule has 1 amide bonds. The van der Waals surface area contributed by atoms with Crippen molar-refractivity contribution in [3.63, 3.8) is 0 Å². The molecule has 128 valence electrons. The fraction of sp³-hybridized carbons (Fsp3) is 0.632.